The molecule has 14 nitrogen and oxygen atoms in total. The molecule has 1 unspecified atom stereocenters. The van der Waals surface area contributed by atoms with Crippen molar-refractivity contribution in [3.05, 3.63) is 88.1 Å². The largest absolute Gasteiger partial charge is 0.474 e. The number of amides is 3. The van der Waals surface area contributed by atoms with E-state index < -0.39 is 11.9 Å². The van der Waals surface area contributed by atoms with Crippen LogP contribution in [-0.2, 0) is 46.9 Å². The number of pyridine rings is 1. The average molecular weight is 775 g/mol. The van der Waals surface area contributed by atoms with Crippen molar-refractivity contribution in [2.45, 2.75) is 71.1 Å². The fourth-order valence-electron chi connectivity index (χ4n) is 8.72. The molecule has 7 heterocycles. The molecule has 9 rings (SSSR count). The van der Waals surface area contributed by atoms with Crippen LogP contribution in [0.15, 0.2) is 48.8 Å². The standard InChI is InChI=1S/C42H47FN10O4/c1-25-36(20-45-41-39(25)44-11-15-57-41)53-14-10-28-19-46-42(49-35(28)24-53)48-32-4-2-27(33(43)18-32)17-38(55)52-12-8-26(9-13-52)21-51-22-29-3-5-31(16-30(29)23-51)47-34-6-7-37(54)50-40(34)56/h2-5,16,18-20,26,34,44,47H,6-15,17,21-24H2,1H3,(H,46,48,49)(H,50,54,56). The van der Waals surface area contributed by atoms with E-state index in [1.807, 2.05) is 23.4 Å². The molecule has 3 amide bonds. The number of likely N-dealkylation sites (tertiary alicyclic amines) is 1. The third-order valence-electron chi connectivity index (χ3n) is 11.9. The van der Waals surface area contributed by atoms with Crippen LogP contribution in [0.25, 0.3) is 0 Å². The lowest BCUT2D eigenvalue weighted by Crippen LogP contribution is -2.47. The number of carbonyl (C=O) groups excluding carboxylic acids is 3. The second kappa shape index (κ2) is 15.6. The van der Waals surface area contributed by atoms with Gasteiger partial charge in [-0.2, -0.15) is 0 Å². The summed E-state index contributed by atoms with van der Waals surface area (Å²) in [4.78, 5) is 57.4. The Bertz CT molecular complexity index is 2230. The maximum absolute atomic E-state index is 15.4. The number of nitrogens with zero attached hydrogens (tertiary/aromatic N) is 6. The van der Waals surface area contributed by atoms with Gasteiger partial charge in [-0.05, 0) is 85.0 Å². The Hall–Kier alpha value is -5.83. The highest BCUT2D eigenvalue weighted by molar-refractivity contribution is 6.01. The van der Waals surface area contributed by atoms with Gasteiger partial charge in [-0.3, -0.25) is 24.6 Å². The molecule has 1 atom stereocenters. The van der Waals surface area contributed by atoms with Crippen molar-refractivity contribution < 1.29 is 23.5 Å². The van der Waals surface area contributed by atoms with E-state index in [9.17, 15) is 14.4 Å². The van der Waals surface area contributed by atoms with Crippen LogP contribution in [0.3, 0.4) is 0 Å². The molecule has 2 aromatic carbocycles. The number of aromatic nitrogens is 3. The topological polar surface area (TPSA) is 157 Å². The minimum atomic E-state index is -0.440. The number of rotatable bonds is 9. The van der Waals surface area contributed by atoms with Crippen molar-refractivity contribution in [1.82, 2.24) is 30.1 Å². The van der Waals surface area contributed by atoms with E-state index in [0.29, 0.717) is 68.1 Å². The summed E-state index contributed by atoms with van der Waals surface area (Å²) in [6.07, 6.45) is 7.15. The van der Waals surface area contributed by atoms with E-state index in [-0.39, 0.29) is 24.1 Å². The number of piperidine rings is 2. The molecule has 15 heteroatoms. The minimum Gasteiger partial charge on any atom is -0.474 e. The van der Waals surface area contributed by atoms with Crippen molar-refractivity contribution >= 4 is 46.4 Å². The SMILES string of the molecule is Cc1c(N2CCc3cnc(Nc4ccc(CC(=O)N5CCC(CN6Cc7ccc(NC8CCC(=O)NC8=O)cc7C6)CC5)c(F)c4)nc3C2)cnc2c1NCCO2. The van der Waals surface area contributed by atoms with Gasteiger partial charge in [0.15, 0.2) is 0 Å². The molecule has 0 aliphatic carbocycles. The summed E-state index contributed by atoms with van der Waals surface area (Å²) < 4.78 is 21.1. The van der Waals surface area contributed by atoms with Crippen LogP contribution in [0.5, 0.6) is 5.88 Å². The highest BCUT2D eigenvalue weighted by Gasteiger charge is 2.30. The van der Waals surface area contributed by atoms with Gasteiger partial charge in [0.1, 0.15) is 24.2 Å². The molecule has 0 saturated carbocycles. The Labute approximate surface area is 330 Å². The first-order chi connectivity index (χ1) is 27.7. The highest BCUT2D eigenvalue weighted by Crippen LogP contribution is 2.36. The Morgan fingerprint density at radius 1 is 0.947 bits per heavy atom. The predicted octanol–water partition coefficient (Wildman–Crippen LogP) is 4.44. The molecule has 2 saturated heterocycles. The van der Waals surface area contributed by atoms with Crippen LogP contribution >= 0.6 is 0 Å². The number of carbonyl (C=O) groups is 3. The average Bonchev–Trinajstić information content (AvgIpc) is 3.62. The molecule has 0 spiro atoms. The van der Waals surface area contributed by atoms with Gasteiger partial charge in [0, 0.05) is 75.4 Å². The minimum absolute atomic E-state index is 0.0111. The van der Waals surface area contributed by atoms with Crippen LogP contribution in [-0.4, -0.2) is 87.8 Å². The van der Waals surface area contributed by atoms with Crippen molar-refractivity contribution in [1.29, 1.82) is 0 Å². The zero-order valence-electron chi connectivity index (χ0n) is 32.1. The van der Waals surface area contributed by atoms with Crippen LogP contribution in [0.2, 0.25) is 0 Å². The molecule has 2 aromatic heterocycles. The van der Waals surface area contributed by atoms with Gasteiger partial charge < -0.3 is 30.5 Å². The number of hydrogen-bond donors (Lipinski definition) is 4. The van der Waals surface area contributed by atoms with Crippen LogP contribution in [0.1, 0.15) is 59.2 Å². The van der Waals surface area contributed by atoms with E-state index >= 15 is 4.39 Å². The third kappa shape index (κ3) is 7.93. The number of fused-ring (bicyclic) bond motifs is 3. The number of hydrogen-bond acceptors (Lipinski definition) is 12. The molecule has 5 aliphatic heterocycles. The molecular weight excluding hydrogens is 728 g/mol. The smallest absolute Gasteiger partial charge is 0.249 e. The Kier molecular flexibility index (Phi) is 10.1. The number of anilines is 5. The van der Waals surface area contributed by atoms with Gasteiger partial charge in [-0.25, -0.2) is 19.3 Å². The summed E-state index contributed by atoms with van der Waals surface area (Å²) >= 11 is 0. The van der Waals surface area contributed by atoms with Crippen molar-refractivity contribution in [3.8, 4) is 5.88 Å². The van der Waals surface area contributed by atoms with E-state index in [4.69, 9.17) is 9.72 Å². The van der Waals surface area contributed by atoms with Gasteiger partial charge in [-0.1, -0.05) is 12.1 Å². The second-order valence-corrected chi connectivity index (χ2v) is 15.8. The van der Waals surface area contributed by atoms with Gasteiger partial charge in [-0.15, -0.1) is 0 Å². The molecular formula is C42H47FN10O4. The van der Waals surface area contributed by atoms with E-state index in [1.165, 1.54) is 17.2 Å². The second-order valence-electron chi connectivity index (χ2n) is 15.8. The number of benzene rings is 2. The Morgan fingerprint density at radius 3 is 2.63 bits per heavy atom. The monoisotopic (exact) mass is 774 g/mol. The fraction of sp³-hybridized carbons (Fsp3) is 0.429. The lowest BCUT2D eigenvalue weighted by Gasteiger charge is -2.34. The van der Waals surface area contributed by atoms with E-state index in [1.54, 1.807) is 12.1 Å². The van der Waals surface area contributed by atoms with Crippen molar-refractivity contribution in [2.75, 3.05) is 60.2 Å². The maximum atomic E-state index is 15.4. The summed E-state index contributed by atoms with van der Waals surface area (Å²) in [6.45, 7) is 8.82. The molecule has 0 bridgehead atoms. The lowest BCUT2D eigenvalue weighted by molar-refractivity contribution is -0.134. The normalized spacial score (nSPS) is 19.5. The summed E-state index contributed by atoms with van der Waals surface area (Å²) in [5, 5.41) is 12.3. The Morgan fingerprint density at radius 2 is 1.79 bits per heavy atom. The lowest BCUT2D eigenvalue weighted by atomic mass is 9.95. The van der Waals surface area contributed by atoms with E-state index in [0.717, 1.165) is 85.9 Å². The molecule has 0 radical (unpaired) electrons. The van der Waals surface area contributed by atoms with Crippen molar-refractivity contribution in [3.63, 3.8) is 0 Å². The number of ether oxygens (including phenoxy) is 1. The predicted molar refractivity (Wildman–Crippen MR) is 213 cm³/mol. The summed E-state index contributed by atoms with van der Waals surface area (Å²) in [5.74, 6) is 0.500. The third-order valence-corrected chi connectivity index (χ3v) is 11.9. The molecule has 57 heavy (non-hydrogen) atoms. The Balaban J connectivity index is 0.747. The van der Waals surface area contributed by atoms with E-state index in [2.05, 4.69) is 60.1 Å². The molecule has 4 aromatic rings. The first-order valence-electron chi connectivity index (χ1n) is 20.0. The molecule has 4 N–H and O–H groups in total. The van der Waals surface area contributed by atoms with Gasteiger partial charge >= 0.3 is 0 Å². The van der Waals surface area contributed by atoms with Crippen LogP contribution < -0.4 is 30.9 Å². The van der Waals surface area contributed by atoms with Gasteiger partial charge in [0.2, 0.25) is 29.5 Å². The number of nitrogens with one attached hydrogen (secondary N) is 4. The summed E-state index contributed by atoms with van der Waals surface area (Å²) in [5.41, 5.74) is 9.37. The first-order valence-corrected chi connectivity index (χ1v) is 20.0. The summed E-state index contributed by atoms with van der Waals surface area (Å²) in [7, 11) is 0. The highest BCUT2D eigenvalue weighted by atomic mass is 19.1. The van der Waals surface area contributed by atoms with Crippen LogP contribution in [0.4, 0.5) is 33.1 Å². The van der Waals surface area contributed by atoms with Crippen molar-refractivity contribution in [2.24, 2.45) is 5.92 Å². The van der Waals surface area contributed by atoms with Crippen LogP contribution in [0, 0.1) is 18.7 Å². The molecule has 5 aliphatic rings. The summed E-state index contributed by atoms with van der Waals surface area (Å²) in [6, 6.07) is 10.7. The fourth-order valence-corrected chi connectivity index (χ4v) is 8.72. The zero-order valence-corrected chi connectivity index (χ0v) is 32.1. The quantitative estimate of drug-likeness (QED) is 0.178. The first kappa shape index (κ1) is 36.8. The number of halogens is 1. The van der Waals surface area contributed by atoms with Gasteiger partial charge in [0.05, 0.1) is 30.5 Å². The number of imide groups is 1. The van der Waals surface area contributed by atoms with Gasteiger partial charge in [0.25, 0.3) is 0 Å². The molecule has 296 valence electrons. The zero-order chi connectivity index (χ0) is 39.0. The molecule has 2 fully saturated rings. The maximum Gasteiger partial charge on any atom is 0.249 e.